The first-order valence-electron chi connectivity index (χ1n) is 10.8. The van der Waals surface area contributed by atoms with Crippen molar-refractivity contribution in [3.05, 3.63) is 65.0 Å². The lowest BCUT2D eigenvalue weighted by atomic mass is 9.97. The lowest BCUT2D eigenvalue weighted by Crippen LogP contribution is -2.24. The van der Waals surface area contributed by atoms with Gasteiger partial charge >= 0.3 is 0 Å². The van der Waals surface area contributed by atoms with Gasteiger partial charge in [0.2, 0.25) is 0 Å². The third-order valence-electron chi connectivity index (χ3n) is 6.48. The molecular weight excluding hydrogens is 343 g/mol. The number of hydrogen-bond acceptors (Lipinski definition) is 0. The number of benzene rings is 1. The molecular formula is C26H40P+. The topological polar surface area (TPSA) is 0 Å². The smallest absolute Gasteiger partial charge is 0.0838 e. The van der Waals surface area contributed by atoms with E-state index in [0.29, 0.717) is 5.66 Å². The first-order chi connectivity index (χ1) is 12.9. The van der Waals surface area contributed by atoms with Crippen molar-refractivity contribution in [1.82, 2.24) is 0 Å². The lowest BCUT2D eigenvalue weighted by Gasteiger charge is -2.31. The summed E-state index contributed by atoms with van der Waals surface area (Å²) in [4.78, 5) is 0. The summed E-state index contributed by atoms with van der Waals surface area (Å²) in [6, 6.07) is 7.30. The molecule has 0 aliphatic heterocycles. The zero-order chi connectivity index (χ0) is 19.9. The summed E-state index contributed by atoms with van der Waals surface area (Å²) in [5.74, 6) is 2.33. The van der Waals surface area contributed by atoms with Gasteiger partial charge in [0.1, 0.15) is 0 Å². The van der Waals surface area contributed by atoms with Crippen LogP contribution in [0, 0.1) is 0 Å². The fourth-order valence-corrected chi connectivity index (χ4v) is 7.73. The molecule has 1 aliphatic rings. The second-order valence-corrected chi connectivity index (χ2v) is 12.4. The molecule has 0 nitrogen and oxygen atoms in total. The van der Waals surface area contributed by atoms with E-state index >= 15 is 0 Å². The maximum Gasteiger partial charge on any atom is 0.0991 e. The third kappa shape index (κ3) is 5.45. The van der Waals surface area contributed by atoms with Crippen molar-refractivity contribution in [2.75, 3.05) is 6.66 Å². The Labute approximate surface area is 169 Å². The highest BCUT2D eigenvalue weighted by atomic mass is 31.2. The van der Waals surface area contributed by atoms with E-state index in [1.54, 1.807) is 10.9 Å². The van der Waals surface area contributed by atoms with Crippen LogP contribution in [-0.2, 0) is 12.8 Å². The Bertz CT molecular complexity index is 690. The molecule has 2 unspecified atom stereocenters. The van der Waals surface area contributed by atoms with Crippen molar-refractivity contribution < 1.29 is 0 Å². The van der Waals surface area contributed by atoms with Crippen molar-refractivity contribution >= 4 is 12.6 Å². The quantitative estimate of drug-likeness (QED) is 0.219. The molecule has 2 atom stereocenters. The third-order valence-corrected chi connectivity index (χ3v) is 10.6. The minimum atomic E-state index is -1.44. The molecule has 1 aliphatic carbocycles. The second kappa shape index (κ2) is 10.4. The van der Waals surface area contributed by atoms with Crippen LogP contribution in [-0.4, -0.2) is 12.3 Å². The molecule has 0 saturated carbocycles. The lowest BCUT2D eigenvalue weighted by molar-refractivity contribution is 0.607. The predicted octanol–water partition coefficient (Wildman–Crippen LogP) is 7.84. The predicted molar refractivity (Wildman–Crippen MR) is 127 cm³/mol. The Balaban J connectivity index is 2.31. The van der Waals surface area contributed by atoms with Crippen LogP contribution in [0.1, 0.15) is 77.3 Å². The summed E-state index contributed by atoms with van der Waals surface area (Å²) in [5, 5.41) is 1.55. The molecule has 1 aromatic carbocycles. The van der Waals surface area contributed by atoms with Crippen LogP contribution < -0.4 is 5.30 Å². The van der Waals surface area contributed by atoms with Gasteiger partial charge in [-0.2, -0.15) is 0 Å². The Hall–Kier alpha value is -1.13. The van der Waals surface area contributed by atoms with Gasteiger partial charge in [-0.15, -0.1) is 0 Å². The van der Waals surface area contributed by atoms with Crippen LogP contribution in [0.2, 0.25) is 0 Å². The SMILES string of the molecule is C=C[P+](C)(c1ccc2c(c1)CC=CC2)C(CCCCCCC)C(C)=C(C)C. The van der Waals surface area contributed by atoms with E-state index < -0.39 is 7.26 Å². The Morgan fingerprint density at radius 2 is 1.70 bits per heavy atom. The zero-order valence-electron chi connectivity index (χ0n) is 18.4. The van der Waals surface area contributed by atoms with E-state index in [1.807, 2.05) is 0 Å². The molecule has 0 amide bonds. The van der Waals surface area contributed by atoms with Crippen molar-refractivity contribution in [2.45, 2.75) is 84.7 Å². The van der Waals surface area contributed by atoms with E-state index in [2.05, 4.69) is 77.1 Å². The highest BCUT2D eigenvalue weighted by Gasteiger charge is 2.42. The van der Waals surface area contributed by atoms with E-state index in [1.165, 1.54) is 55.2 Å². The maximum absolute atomic E-state index is 4.35. The van der Waals surface area contributed by atoms with Crippen molar-refractivity contribution in [3.63, 3.8) is 0 Å². The summed E-state index contributed by atoms with van der Waals surface area (Å²) < 4.78 is 0. The summed E-state index contributed by atoms with van der Waals surface area (Å²) in [6.07, 6.45) is 14.9. The van der Waals surface area contributed by atoms with Crippen LogP contribution in [0.3, 0.4) is 0 Å². The molecule has 0 aromatic heterocycles. The van der Waals surface area contributed by atoms with Crippen LogP contribution >= 0.6 is 7.26 Å². The van der Waals surface area contributed by atoms with Crippen LogP contribution in [0.15, 0.2) is 53.9 Å². The number of fused-ring (bicyclic) bond motifs is 1. The van der Waals surface area contributed by atoms with Gasteiger partial charge < -0.3 is 0 Å². The molecule has 1 heteroatoms. The number of hydrogen-bond donors (Lipinski definition) is 0. The summed E-state index contributed by atoms with van der Waals surface area (Å²) in [6.45, 7) is 16.1. The van der Waals surface area contributed by atoms with E-state index in [-0.39, 0.29) is 0 Å². The molecule has 0 saturated heterocycles. The first kappa shape index (κ1) is 22.2. The molecule has 0 heterocycles. The van der Waals surface area contributed by atoms with Gasteiger partial charge in [0.05, 0.1) is 30.7 Å². The molecule has 27 heavy (non-hydrogen) atoms. The summed E-state index contributed by atoms with van der Waals surface area (Å²) in [7, 11) is -1.44. The zero-order valence-corrected chi connectivity index (χ0v) is 19.2. The second-order valence-electron chi connectivity index (χ2n) is 8.56. The molecule has 2 rings (SSSR count). The van der Waals surface area contributed by atoms with Crippen molar-refractivity contribution in [3.8, 4) is 0 Å². The normalized spacial score (nSPS) is 16.3. The van der Waals surface area contributed by atoms with Gasteiger partial charge in [-0.3, -0.25) is 0 Å². The molecule has 0 radical (unpaired) electrons. The van der Waals surface area contributed by atoms with Gasteiger partial charge in [-0.05, 0) is 75.3 Å². The van der Waals surface area contributed by atoms with Gasteiger partial charge in [-0.1, -0.05) is 63.0 Å². The molecule has 0 fully saturated rings. The van der Waals surface area contributed by atoms with E-state index in [0.717, 1.165) is 12.8 Å². The Morgan fingerprint density at radius 3 is 2.33 bits per heavy atom. The molecule has 0 N–H and O–H groups in total. The van der Waals surface area contributed by atoms with Gasteiger partial charge in [0.15, 0.2) is 0 Å². The summed E-state index contributed by atoms with van der Waals surface area (Å²) >= 11 is 0. The average molecular weight is 384 g/mol. The van der Waals surface area contributed by atoms with Crippen molar-refractivity contribution in [1.29, 1.82) is 0 Å². The monoisotopic (exact) mass is 383 g/mol. The number of unbranched alkanes of at least 4 members (excludes halogenated alkanes) is 4. The fraction of sp³-hybridized carbons (Fsp3) is 0.538. The largest absolute Gasteiger partial charge is 0.0991 e. The highest BCUT2D eigenvalue weighted by Crippen LogP contribution is 2.63. The molecule has 1 aromatic rings. The number of rotatable bonds is 10. The minimum absolute atomic E-state index is 0.638. The average Bonchev–Trinajstić information content (AvgIpc) is 2.69. The fourth-order valence-electron chi connectivity index (χ4n) is 4.30. The minimum Gasteiger partial charge on any atom is -0.0838 e. The van der Waals surface area contributed by atoms with Crippen molar-refractivity contribution in [2.24, 2.45) is 0 Å². The van der Waals surface area contributed by atoms with Gasteiger partial charge in [0.25, 0.3) is 0 Å². The summed E-state index contributed by atoms with van der Waals surface area (Å²) in [5.41, 5.74) is 6.76. The Morgan fingerprint density at radius 1 is 1.04 bits per heavy atom. The molecule has 0 spiro atoms. The molecule has 148 valence electrons. The van der Waals surface area contributed by atoms with Gasteiger partial charge in [-0.25, -0.2) is 0 Å². The van der Waals surface area contributed by atoms with Crippen LogP contribution in [0.4, 0.5) is 0 Å². The maximum atomic E-state index is 4.35. The highest BCUT2D eigenvalue weighted by molar-refractivity contribution is 7.85. The van der Waals surface area contributed by atoms with E-state index in [9.17, 15) is 0 Å². The van der Waals surface area contributed by atoms with Crippen LogP contribution in [0.25, 0.3) is 0 Å². The number of allylic oxidation sites excluding steroid dienone is 4. The van der Waals surface area contributed by atoms with E-state index in [4.69, 9.17) is 0 Å². The Kier molecular flexibility index (Phi) is 8.56. The standard InChI is InChI=1S/C26H40P/c1-7-9-10-11-12-17-26(22(5)21(3)4)27(6,8-2)25-19-18-23-15-13-14-16-24(23)20-25/h8,13-14,18-20,26H,2,7,9-12,15-17H2,1,3-6H3/q+1. The van der Waals surface area contributed by atoms with Gasteiger partial charge in [0, 0.05) is 0 Å². The first-order valence-corrected chi connectivity index (χ1v) is 13.2. The van der Waals surface area contributed by atoms with Crippen LogP contribution in [0.5, 0.6) is 0 Å². The molecule has 0 bridgehead atoms.